The van der Waals surface area contributed by atoms with E-state index in [-0.39, 0.29) is 11.8 Å². The van der Waals surface area contributed by atoms with Gasteiger partial charge < -0.3 is 25.4 Å². The van der Waals surface area contributed by atoms with Crippen LogP contribution in [-0.2, 0) is 11.8 Å². The van der Waals surface area contributed by atoms with Gasteiger partial charge in [0.1, 0.15) is 6.10 Å². The first kappa shape index (κ1) is 12.3. The van der Waals surface area contributed by atoms with E-state index < -0.39 is 23.2 Å². The van der Waals surface area contributed by atoms with E-state index in [2.05, 4.69) is 5.32 Å². The second kappa shape index (κ2) is 3.54. The van der Waals surface area contributed by atoms with Crippen molar-refractivity contribution in [3.8, 4) is 11.5 Å². The normalized spacial score (nSPS) is 45.9. The predicted octanol–water partition coefficient (Wildman–Crippen LogP) is 0.195. The van der Waals surface area contributed by atoms with Crippen LogP contribution < -0.4 is 10.1 Å². The fourth-order valence-corrected chi connectivity index (χ4v) is 5.42. The zero-order valence-electron chi connectivity index (χ0n) is 11.7. The van der Waals surface area contributed by atoms with Crippen molar-refractivity contribution in [1.82, 2.24) is 5.32 Å². The van der Waals surface area contributed by atoms with Gasteiger partial charge in [0.2, 0.25) is 0 Å². The number of ether oxygens (including phenoxy) is 1. The molecular weight excluding hydrogens is 270 g/mol. The maximum Gasteiger partial charge on any atom is 0.165 e. The number of hydrogen-bond donors (Lipinski definition) is 4. The molecule has 2 aliphatic heterocycles. The van der Waals surface area contributed by atoms with E-state index in [9.17, 15) is 15.3 Å². The minimum atomic E-state index is -0.902. The molecule has 1 aromatic carbocycles. The van der Waals surface area contributed by atoms with Crippen LogP contribution in [-0.4, -0.2) is 45.7 Å². The van der Waals surface area contributed by atoms with Gasteiger partial charge in [-0.25, -0.2) is 0 Å². The third-order valence-electron chi connectivity index (χ3n) is 6.25. The molecule has 5 rings (SSSR count). The van der Waals surface area contributed by atoms with Gasteiger partial charge in [0.15, 0.2) is 11.5 Å². The van der Waals surface area contributed by atoms with Gasteiger partial charge >= 0.3 is 0 Å². The number of aliphatic hydroxyl groups excluding tert-OH is 1. The van der Waals surface area contributed by atoms with Gasteiger partial charge in [-0.2, -0.15) is 0 Å². The summed E-state index contributed by atoms with van der Waals surface area (Å²) >= 11 is 0. The van der Waals surface area contributed by atoms with Crippen molar-refractivity contribution in [3.05, 3.63) is 23.3 Å². The van der Waals surface area contributed by atoms with Crippen molar-refractivity contribution >= 4 is 0 Å². The van der Waals surface area contributed by atoms with Crippen LogP contribution in [0.3, 0.4) is 0 Å². The highest BCUT2D eigenvalue weighted by Crippen LogP contribution is 2.64. The molecule has 1 spiro atoms. The minimum absolute atomic E-state index is 0.00663. The summed E-state index contributed by atoms with van der Waals surface area (Å²) < 4.78 is 6.00. The molecule has 2 bridgehead atoms. The van der Waals surface area contributed by atoms with Gasteiger partial charge in [0.05, 0.1) is 17.1 Å². The van der Waals surface area contributed by atoms with Crippen molar-refractivity contribution in [3.63, 3.8) is 0 Å². The Hall–Kier alpha value is -1.30. The molecular formula is C16H19NO4. The first-order valence-corrected chi connectivity index (χ1v) is 7.74. The molecule has 4 N–H and O–H groups in total. The number of nitrogens with one attached hydrogen (secondary N) is 1. The van der Waals surface area contributed by atoms with Crippen LogP contribution in [0.5, 0.6) is 11.5 Å². The first-order chi connectivity index (χ1) is 10.1. The molecule has 21 heavy (non-hydrogen) atoms. The van der Waals surface area contributed by atoms with Gasteiger partial charge in [0.25, 0.3) is 0 Å². The van der Waals surface area contributed by atoms with Gasteiger partial charge in [0, 0.05) is 11.6 Å². The zero-order valence-corrected chi connectivity index (χ0v) is 11.7. The Balaban J connectivity index is 1.87. The molecule has 5 nitrogen and oxygen atoms in total. The monoisotopic (exact) mass is 289 g/mol. The van der Waals surface area contributed by atoms with Crippen LogP contribution in [0.2, 0.25) is 0 Å². The molecule has 4 aliphatic rings. The van der Waals surface area contributed by atoms with Crippen molar-refractivity contribution in [1.29, 1.82) is 0 Å². The summed E-state index contributed by atoms with van der Waals surface area (Å²) in [5, 5.41) is 35.6. The average Bonchev–Trinajstić information content (AvgIpc) is 2.80. The quantitative estimate of drug-likeness (QED) is 0.548. The van der Waals surface area contributed by atoms with Gasteiger partial charge in [-0.05, 0) is 43.9 Å². The van der Waals surface area contributed by atoms with Crippen LogP contribution in [0.15, 0.2) is 12.1 Å². The number of hydrogen-bond acceptors (Lipinski definition) is 5. The third-order valence-corrected chi connectivity index (χ3v) is 6.25. The molecule has 0 radical (unpaired) electrons. The molecule has 1 aromatic rings. The highest BCUT2D eigenvalue weighted by Gasteiger charge is 2.71. The lowest BCUT2D eigenvalue weighted by Gasteiger charge is -2.61. The number of benzene rings is 1. The van der Waals surface area contributed by atoms with E-state index in [1.54, 1.807) is 6.07 Å². The second-order valence-electron chi connectivity index (χ2n) is 6.95. The van der Waals surface area contributed by atoms with Crippen LogP contribution in [0.25, 0.3) is 0 Å². The standard InChI is InChI=1S/C16H19NO4/c18-9-2-1-8-7-11-16(20)4-3-10(19)14-15(16,5-6-17-11)12(8)13(9)21-14/h1-2,10-11,14,17-20H,3-7H2/t10-,11?,14-,15-,16+/m0/s1. The highest BCUT2D eigenvalue weighted by atomic mass is 16.5. The summed E-state index contributed by atoms with van der Waals surface area (Å²) in [6.45, 7) is 0.800. The highest BCUT2D eigenvalue weighted by molar-refractivity contribution is 5.62. The van der Waals surface area contributed by atoms with Crippen LogP contribution in [0.4, 0.5) is 0 Å². The number of piperidine rings is 1. The number of phenolic OH excluding ortho intramolecular Hbond substituents is 1. The Kier molecular flexibility index (Phi) is 2.07. The van der Waals surface area contributed by atoms with E-state index in [1.807, 2.05) is 6.07 Å². The molecule has 1 unspecified atom stereocenters. The fourth-order valence-electron chi connectivity index (χ4n) is 5.42. The van der Waals surface area contributed by atoms with E-state index in [4.69, 9.17) is 4.74 Å². The third kappa shape index (κ3) is 1.14. The Morgan fingerprint density at radius 2 is 2.14 bits per heavy atom. The van der Waals surface area contributed by atoms with E-state index in [0.29, 0.717) is 18.6 Å². The average molecular weight is 289 g/mol. The molecule has 5 heteroatoms. The SMILES string of the molecule is Oc1ccc2c3c1O[C@H]1[C@@H](O)CC[C@@]4(O)C(C2)NCC[C@]314. The lowest BCUT2D eigenvalue weighted by molar-refractivity contribution is -0.179. The molecule has 2 aliphatic carbocycles. The Morgan fingerprint density at radius 1 is 1.29 bits per heavy atom. The number of aliphatic hydroxyl groups is 2. The Morgan fingerprint density at radius 3 is 3.00 bits per heavy atom. The van der Waals surface area contributed by atoms with Gasteiger partial charge in [-0.3, -0.25) is 0 Å². The Labute approximate surface area is 122 Å². The van der Waals surface area contributed by atoms with Crippen molar-refractivity contribution in [2.75, 3.05) is 6.54 Å². The molecule has 5 atom stereocenters. The lowest BCUT2D eigenvalue weighted by atomic mass is 9.49. The smallest absolute Gasteiger partial charge is 0.165 e. The largest absolute Gasteiger partial charge is 0.504 e. The Bertz CT molecular complexity index is 647. The molecule has 2 heterocycles. The van der Waals surface area contributed by atoms with Crippen molar-refractivity contribution in [2.45, 2.75) is 54.9 Å². The molecule has 0 amide bonds. The summed E-state index contributed by atoms with van der Waals surface area (Å²) in [6, 6.07) is 3.59. The number of rotatable bonds is 0. The maximum atomic E-state index is 11.5. The summed E-state index contributed by atoms with van der Waals surface area (Å²) in [7, 11) is 0. The van der Waals surface area contributed by atoms with Crippen molar-refractivity contribution in [2.24, 2.45) is 0 Å². The molecule has 112 valence electrons. The number of phenols is 1. The molecule has 1 saturated heterocycles. The summed E-state index contributed by atoms with van der Waals surface area (Å²) in [6.07, 6.45) is 1.52. The van der Waals surface area contributed by atoms with Crippen LogP contribution in [0.1, 0.15) is 30.4 Å². The minimum Gasteiger partial charge on any atom is -0.504 e. The van der Waals surface area contributed by atoms with Gasteiger partial charge in [-0.15, -0.1) is 0 Å². The van der Waals surface area contributed by atoms with Crippen LogP contribution >= 0.6 is 0 Å². The van der Waals surface area contributed by atoms with Gasteiger partial charge in [-0.1, -0.05) is 6.07 Å². The fraction of sp³-hybridized carbons (Fsp3) is 0.625. The van der Waals surface area contributed by atoms with Crippen LogP contribution in [0, 0.1) is 0 Å². The summed E-state index contributed by atoms with van der Waals surface area (Å²) in [5.41, 5.74) is 0.594. The molecule has 2 fully saturated rings. The molecule has 1 saturated carbocycles. The van der Waals surface area contributed by atoms with E-state index >= 15 is 0 Å². The number of aromatic hydroxyl groups is 1. The summed E-state index contributed by atoms with van der Waals surface area (Å²) in [4.78, 5) is 0. The summed E-state index contributed by atoms with van der Waals surface area (Å²) in [5.74, 6) is 0.598. The van der Waals surface area contributed by atoms with Crippen molar-refractivity contribution < 1.29 is 20.1 Å². The zero-order chi connectivity index (χ0) is 14.4. The van der Waals surface area contributed by atoms with E-state index in [1.165, 1.54) is 0 Å². The topological polar surface area (TPSA) is 82.0 Å². The first-order valence-electron chi connectivity index (χ1n) is 7.74. The molecule has 0 aromatic heterocycles. The predicted molar refractivity (Wildman–Crippen MR) is 74.5 cm³/mol. The maximum absolute atomic E-state index is 11.5. The van der Waals surface area contributed by atoms with E-state index in [0.717, 1.165) is 30.5 Å². The lowest BCUT2D eigenvalue weighted by Crippen LogP contribution is -2.76. The second-order valence-corrected chi connectivity index (χ2v) is 6.95.